The summed E-state index contributed by atoms with van der Waals surface area (Å²) < 4.78 is 5.04. The highest BCUT2D eigenvalue weighted by atomic mass is 16.5. The number of pyridine rings is 1. The van der Waals surface area contributed by atoms with Gasteiger partial charge < -0.3 is 21.3 Å². The SMILES string of the molecule is COCC(O)(CCCN)c1cnccc1N. The second-order valence-electron chi connectivity index (χ2n) is 3.82. The molecule has 0 bridgehead atoms. The molecule has 0 aliphatic carbocycles. The van der Waals surface area contributed by atoms with Crippen molar-refractivity contribution < 1.29 is 9.84 Å². The lowest BCUT2D eigenvalue weighted by molar-refractivity contribution is -0.0426. The number of methoxy groups -OCH3 is 1. The summed E-state index contributed by atoms with van der Waals surface area (Å²) in [5.41, 5.74) is 11.3. The van der Waals surface area contributed by atoms with E-state index in [1.54, 1.807) is 25.6 Å². The van der Waals surface area contributed by atoms with Gasteiger partial charge in [-0.25, -0.2) is 0 Å². The van der Waals surface area contributed by atoms with Gasteiger partial charge >= 0.3 is 0 Å². The van der Waals surface area contributed by atoms with Crippen molar-refractivity contribution >= 4 is 5.69 Å². The Labute approximate surface area is 95.4 Å². The number of nitrogens with two attached hydrogens (primary N) is 2. The molecule has 0 amide bonds. The molecule has 90 valence electrons. The van der Waals surface area contributed by atoms with E-state index < -0.39 is 5.60 Å². The zero-order valence-electron chi connectivity index (χ0n) is 9.52. The molecule has 5 N–H and O–H groups in total. The number of aromatic nitrogens is 1. The van der Waals surface area contributed by atoms with Gasteiger partial charge in [0.05, 0.1) is 6.61 Å². The summed E-state index contributed by atoms with van der Waals surface area (Å²) in [6, 6.07) is 1.67. The van der Waals surface area contributed by atoms with Crippen LogP contribution in [0.5, 0.6) is 0 Å². The third-order valence-corrected chi connectivity index (χ3v) is 2.53. The van der Waals surface area contributed by atoms with Gasteiger partial charge in [0.1, 0.15) is 5.60 Å². The minimum atomic E-state index is -1.10. The molecule has 1 rings (SSSR count). The van der Waals surface area contributed by atoms with Crippen molar-refractivity contribution in [1.29, 1.82) is 0 Å². The molecule has 0 saturated carbocycles. The highest BCUT2D eigenvalue weighted by Crippen LogP contribution is 2.30. The van der Waals surface area contributed by atoms with Gasteiger partial charge in [-0.2, -0.15) is 0 Å². The highest BCUT2D eigenvalue weighted by molar-refractivity contribution is 5.47. The van der Waals surface area contributed by atoms with Gasteiger partial charge in [-0.1, -0.05) is 0 Å². The summed E-state index contributed by atoms with van der Waals surface area (Å²) in [4.78, 5) is 3.98. The summed E-state index contributed by atoms with van der Waals surface area (Å²) in [5.74, 6) is 0. The number of ether oxygens (including phenoxy) is 1. The van der Waals surface area contributed by atoms with Gasteiger partial charge in [0, 0.05) is 30.8 Å². The van der Waals surface area contributed by atoms with Crippen LogP contribution in [-0.4, -0.2) is 30.4 Å². The maximum atomic E-state index is 10.5. The summed E-state index contributed by atoms with van der Waals surface area (Å²) in [6.07, 6.45) is 4.38. The predicted molar refractivity (Wildman–Crippen MR) is 62.7 cm³/mol. The Kier molecular flexibility index (Phi) is 4.67. The first-order valence-electron chi connectivity index (χ1n) is 5.25. The Hall–Kier alpha value is -1.17. The van der Waals surface area contributed by atoms with Gasteiger partial charge in [-0.15, -0.1) is 0 Å². The number of aliphatic hydroxyl groups is 1. The molecular weight excluding hydrogens is 206 g/mol. The maximum absolute atomic E-state index is 10.5. The molecule has 16 heavy (non-hydrogen) atoms. The van der Waals surface area contributed by atoms with Crippen LogP contribution in [-0.2, 0) is 10.3 Å². The predicted octanol–water partition coefficient (Wildman–Crippen LogP) is 0.237. The minimum absolute atomic E-state index is 0.183. The van der Waals surface area contributed by atoms with Crippen molar-refractivity contribution in [3.8, 4) is 0 Å². The van der Waals surface area contributed by atoms with Crippen LogP contribution in [0.4, 0.5) is 5.69 Å². The Balaban J connectivity index is 2.96. The second kappa shape index (κ2) is 5.79. The van der Waals surface area contributed by atoms with E-state index in [1.807, 2.05) is 0 Å². The number of hydrogen-bond acceptors (Lipinski definition) is 5. The first kappa shape index (κ1) is 12.9. The number of nitrogen functional groups attached to an aromatic ring is 1. The lowest BCUT2D eigenvalue weighted by Gasteiger charge is -2.28. The molecule has 0 spiro atoms. The average Bonchev–Trinajstić information content (AvgIpc) is 2.27. The monoisotopic (exact) mass is 225 g/mol. The number of anilines is 1. The highest BCUT2D eigenvalue weighted by Gasteiger charge is 2.30. The summed E-state index contributed by atoms with van der Waals surface area (Å²) in [6.45, 7) is 0.703. The van der Waals surface area contributed by atoms with Crippen molar-refractivity contribution in [2.45, 2.75) is 18.4 Å². The second-order valence-corrected chi connectivity index (χ2v) is 3.82. The Morgan fingerprint density at radius 2 is 2.31 bits per heavy atom. The smallest absolute Gasteiger partial charge is 0.116 e. The summed E-state index contributed by atoms with van der Waals surface area (Å²) in [5, 5.41) is 10.5. The van der Waals surface area contributed by atoms with Crippen molar-refractivity contribution in [1.82, 2.24) is 4.98 Å². The van der Waals surface area contributed by atoms with E-state index in [0.29, 0.717) is 30.6 Å². The minimum Gasteiger partial charge on any atom is -0.398 e. The number of nitrogens with zero attached hydrogens (tertiary/aromatic N) is 1. The molecular formula is C11H19N3O2. The largest absolute Gasteiger partial charge is 0.398 e. The third kappa shape index (κ3) is 2.91. The molecule has 1 atom stereocenters. The number of rotatable bonds is 6. The van der Waals surface area contributed by atoms with E-state index in [0.717, 1.165) is 0 Å². The first-order chi connectivity index (χ1) is 7.64. The van der Waals surface area contributed by atoms with Crippen LogP contribution in [0.3, 0.4) is 0 Å². The molecule has 1 unspecified atom stereocenters. The van der Waals surface area contributed by atoms with Gasteiger partial charge in [0.25, 0.3) is 0 Å². The van der Waals surface area contributed by atoms with E-state index in [9.17, 15) is 5.11 Å². The van der Waals surface area contributed by atoms with Gasteiger partial charge in [-0.3, -0.25) is 4.98 Å². The summed E-state index contributed by atoms with van der Waals surface area (Å²) in [7, 11) is 1.54. The zero-order chi connectivity index (χ0) is 12.0. The van der Waals surface area contributed by atoms with E-state index in [-0.39, 0.29) is 6.61 Å². The molecule has 0 aliphatic heterocycles. The fourth-order valence-corrected chi connectivity index (χ4v) is 1.71. The van der Waals surface area contributed by atoms with Crippen LogP contribution in [0.15, 0.2) is 18.5 Å². The zero-order valence-corrected chi connectivity index (χ0v) is 9.52. The normalized spacial score (nSPS) is 14.7. The molecule has 1 aromatic heterocycles. The van der Waals surface area contributed by atoms with Gasteiger partial charge in [-0.05, 0) is 25.5 Å². The lowest BCUT2D eigenvalue weighted by Crippen LogP contribution is -2.33. The lowest BCUT2D eigenvalue weighted by atomic mass is 9.90. The molecule has 5 nitrogen and oxygen atoms in total. The molecule has 0 saturated heterocycles. The van der Waals surface area contributed by atoms with Crippen molar-refractivity contribution in [2.75, 3.05) is 26.0 Å². The quantitative estimate of drug-likeness (QED) is 0.644. The standard InChI is InChI=1S/C11H19N3O2/c1-16-8-11(15,4-2-5-12)9-7-14-6-3-10(9)13/h3,6-7,15H,2,4-5,8,12H2,1H3,(H2,13,14). The van der Waals surface area contributed by atoms with Gasteiger partial charge in [0.2, 0.25) is 0 Å². The van der Waals surface area contributed by atoms with Crippen LogP contribution < -0.4 is 11.5 Å². The molecule has 0 fully saturated rings. The molecule has 0 aliphatic rings. The van der Waals surface area contributed by atoms with Crippen molar-refractivity contribution in [3.05, 3.63) is 24.0 Å². The third-order valence-electron chi connectivity index (χ3n) is 2.53. The molecule has 1 aromatic rings. The molecule has 5 heteroatoms. The fourth-order valence-electron chi connectivity index (χ4n) is 1.71. The fraction of sp³-hybridized carbons (Fsp3) is 0.545. The molecule has 0 aromatic carbocycles. The van der Waals surface area contributed by atoms with Crippen LogP contribution in [0, 0.1) is 0 Å². The van der Waals surface area contributed by atoms with Gasteiger partial charge in [0.15, 0.2) is 0 Å². The van der Waals surface area contributed by atoms with Crippen molar-refractivity contribution in [3.63, 3.8) is 0 Å². The van der Waals surface area contributed by atoms with Crippen LogP contribution >= 0.6 is 0 Å². The first-order valence-corrected chi connectivity index (χ1v) is 5.25. The number of hydrogen-bond donors (Lipinski definition) is 3. The van der Waals surface area contributed by atoms with Crippen LogP contribution in [0.1, 0.15) is 18.4 Å². The van der Waals surface area contributed by atoms with E-state index >= 15 is 0 Å². The Morgan fingerprint density at radius 3 is 2.88 bits per heavy atom. The van der Waals surface area contributed by atoms with Crippen LogP contribution in [0.2, 0.25) is 0 Å². The van der Waals surface area contributed by atoms with Crippen molar-refractivity contribution in [2.24, 2.45) is 5.73 Å². The van der Waals surface area contributed by atoms with Crippen LogP contribution in [0.25, 0.3) is 0 Å². The maximum Gasteiger partial charge on any atom is 0.116 e. The topological polar surface area (TPSA) is 94.4 Å². The average molecular weight is 225 g/mol. The van der Waals surface area contributed by atoms with E-state index in [2.05, 4.69) is 4.98 Å². The molecule has 1 heterocycles. The Bertz CT molecular complexity index is 333. The molecule has 0 radical (unpaired) electrons. The Morgan fingerprint density at radius 1 is 1.56 bits per heavy atom. The van der Waals surface area contributed by atoms with E-state index in [1.165, 1.54) is 0 Å². The summed E-state index contributed by atoms with van der Waals surface area (Å²) >= 11 is 0. The van der Waals surface area contributed by atoms with E-state index in [4.69, 9.17) is 16.2 Å².